The molecule has 1 atom stereocenters. The summed E-state index contributed by atoms with van der Waals surface area (Å²) in [6, 6.07) is 13.1. The van der Waals surface area contributed by atoms with Gasteiger partial charge in [0.25, 0.3) is 0 Å². The summed E-state index contributed by atoms with van der Waals surface area (Å²) >= 11 is 12.0. The van der Waals surface area contributed by atoms with Crippen LogP contribution in [-0.2, 0) is 0 Å². The summed E-state index contributed by atoms with van der Waals surface area (Å²) in [5.41, 5.74) is 2.75. The zero-order valence-corrected chi connectivity index (χ0v) is 12.4. The minimum Gasteiger partial charge on any atom is -0.384 e. The predicted octanol–water partition coefficient (Wildman–Crippen LogP) is 5.20. The van der Waals surface area contributed by atoms with Crippen LogP contribution < -0.4 is 0 Å². The van der Waals surface area contributed by atoms with Gasteiger partial charge in [0.2, 0.25) is 0 Å². The molecule has 0 amide bonds. The normalized spacial score (nSPS) is 12.7. The minimum atomic E-state index is -0.731. The molecule has 0 radical (unpaired) electrons. The first kappa shape index (κ1) is 14.4. The fourth-order valence-corrected chi connectivity index (χ4v) is 2.48. The molecular weight excluding hydrogens is 279 g/mol. The van der Waals surface area contributed by atoms with Crippen molar-refractivity contribution < 1.29 is 5.11 Å². The maximum atomic E-state index is 10.4. The van der Waals surface area contributed by atoms with Crippen LogP contribution in [0.5, 0.6) is 0 Å². The van der Waals surface area contributed by atoms with Crippen molar-refractivity contribution in [2.75, 3.05) is 0 Å². The zero-order valence-electron chi connectivity index (χ0n) is 10.9. The second-order valence-electron chi connectivity index (χ2n) is 4.89. The van der Waals surface area contributed by atoms with Crippen molar-refractivity contribution in [2.45, 2.75) is 25.9 Å². The third-order valence-electron chi connectivity index (χ3n) is 3.18. The molecule has 0 heterocycles. The first-order valence-corrected chi connectivity index (χ1v) is 6.97. The quantitative estimate of drug-likeness (QED) is 0.825. The molecule has 0 aliphatic rings. The largest absolute Gasteiger partial charge is 0.384 e. The van der Waals surface area contributed by atoms with Crippen LogP contribution >= 0.6 is 23.2 Å². The summed E-state index contributed by atoms with van der Waals surface area (Å²) in [5, 5.41) is 11.4. The van der Waals surface area contributed by atoms with E-state index in [1.165, 1.54) is 5.56 Å². The Bertz CT molecular complexity index is 561. The van der Waals surface area contributed by atoms with Gasteiger partial charge in [0.05, 0.1) is 0 Å². The van der Waals surface area contributed by atoms with Crippen molar-refractivity contribution in [1.82, 2.24) is 0 Å². The summed E-state index contributed by atoms with van der Waals surface area (Å²) < 4.78 is 0. The highest BCUT2D eigenvalue weighted by Gasteiger charge is 2.14. The zero-order chi connectivity index (χ0) is 14.0. The molecule has 0 fully saturated rings. The molecule has 0 aliphatic heterocycles. The van der Waals surface area contributed by atoms with Gasteiger partial charge in [0.15, 0.2) is 0 Å². The van der Waals surface area contributed by atoms with Gasteiger partial charge in [-0.2, -0.15) is 0 Å². The van der Waals surface area contributed by atoms with Gasteiger partial charge < -0.3 is 5.11 Å². The van der Waals surface area contributed by atoms with E-state index in [1.807, 2.05) is 24.3 Å². The average Bonchev–Trinajstić information content (AvgIpc) is 2.38. The van der Waals surface area contributed by atoms with Crippen molar-refractivity contribution in [3.8, 4) is 0 Å². The number of aliphatic hydroxyl groups excluding tert-OH is 1. The van der Waals surface area contributed by atoms with Crippen molar-refractivity contribution >= 4 is 23.2 Å². The fraction of sp³-hybridized carbons (Fsp3) is 0.250. The van der Waals surface area contributed by atoms with E-state index < -0.39 is 6.10 Å². The second-order valence-corrected chi connectivity index (χ2v) is 5.73. The smallest absolute Gasteiger partial charge is 0.105 e. The van der Waals surface area contributed by atoms with Gasteiger partial charge in [-0.3, -0.25) is 0 Å². The van der Waals surface area contributed by atoms with Crippen LogP contribution in [0.2, 0.25) is 10.0 Å². The number of benzene rings is 2. The lowest BCUT2D eigenvalue weighted by atomic mass is 9.97. The Morgan fingerprint density at radius 1 is 0.895 bits per heavy atom. The van der Waals surface area contributed by atoms with E-state index in [0.29, 0.717) is 21.5 Å². The first-order chi connectivity index (χ1) is 8.99. The predicted molar refractivity (Wildman–Crippen MR) is 81.1 cm³/mol. The van der Waals surface area contributed by atoms with Crippen LogP contribution in [0.4, 0.5) is 0 Å². The monoisotopic (exact) mass is 294 g/mol. The summed E-state index contributed by atoms with van der Waals surface area (Å²) in [6.07, 6.45) is -0.731. The molecule has 2 rings (SSSR count). The van der Waals surface area contributed by atoms with E-state index in [0.717, 1.165) is 5.56 Å². The molecule has 0 spiro atoms. The van der Waals surface area contributed by atoms with E-state index >= 15 is 0 Å². The lowest BCUT2D eigenvalue weighted by Gasteiger charge is -2.14. The summed E-state index contributed by atoms with van der Waals surface area (Å²) in [4.78, 5) is 0. The third kappa shape index (κ3) is 3.30. The number of halogens is 2. The van der Waals surface area contributed by atoms with Crippen molar-refractivity contribution in [3.05, 3.63) is 69.2 Å². The van der Waals surface area contributed by atoms with Gasteiger partial charge in [-0.1, -0.05) is 67.4 Å². The molecule has 1 N–H and O–H groups in total. The third-order valence-corrected chi connectivity index (χ3v) is 3.74. The lowest BCUT2D eigenvalue weighted by molar-refractivity contribution is 0.220. The van der Waals surface area contributed by atoms with Gasteiger partial charge in [0, 0.05) is 15.6 Å². The maximum absolute atomic E-state index is 10.4. The van der Waals surface area contributed by atoms with Crippen LogP contribution in [0, 0.1) is 0 Å². The molecule has 1 nitrogen and oxygen atoms in total. The fourth-order valence-electron chi connectivity index (χ4n) is 1.97. The minimum absolute atomic E-state index is 0.477. The maximum Gasteiger partial charge on any atom is 0.105 e. The molecule has 0 aromatic heterocycles. The van der Waals surface area contributed by atoms with E-state index in [-0.39, 0.29) is 0 Å². The molecule has 2 aromatic carbocycles. The SMILES string of the molecule is CC(C)c1ccc(C(O)c2ccc(Cl)cc2Cl)cc1. The van der Waals surface area contributed by atoms with Crippen LogP contribution in [0.1, 0.15) is 42.6 Å². The van der Waals surface area contributed by atoms with E-state index in [2.05, 4.69) is 13.8 Å². The number of aliphatic hydroxyl groups is 1. The Balaban J connectivity index is 2.30. The standard InChI is InChI=1S/C16H16Cl2O/c1-10(2)11-3-5-12(6-4-11)16(19)14-8-7-13(17)9-15(14)18/h3-10,16,19H,1-2H3. The molecule has 0 saturated carbocycles. The van der Waals surface area contributed by atoms with Crippen LogP contribution in [0.3, 0.4) is 0 Å². The molecule has 1 unspecified atom stereocenters. The van der Waals surface area contributed by atoms with Gasteiger partial charge in [0.1, 0.15) is 6.10 Å². The molecule has 3 heteroatoms. The number of hydrogen-bond donors (Lipinski definition) is 1. The van der Waals surface area contributed by atoms with Gasteiger partial charge in [-0.05, 0) is 29.2 Å². The highest BCUT2D eigenvalue weighted by molar-refractivity contribution is 6.35. The van der Waals surface area contributed by atoms with Crippen LogP contribution in [-0.4, -0.2) is 5.11 Å². The summed E-state index contributed by atoms with van der Waals surface area (Å²) in [6.45, 7) is 4.28. The Morgan fingerprint density at radius 2 is 1.47 bits per heavy atom. The highest BCUT2D eigenvalue weighted by Crippen LogP contribution is 2.30. The van der Waals surface area contributed by atoms with E-state index in [4.69, 9.17) is 23.2 Å². The summed E-state index contributed by atoms with van der Waals surface area (Å²) in [7, 11) is 0. The van der Waals surface area contributed by atoms with Gasteiger partial charge in [-0.15, -0.1) is 0 Å². The number of hydrogen-bond acceptors (Lipinski definition) is 1. The molecule has 0 bridgehead atoms. The Kier molecular flexibility index (Phi) is 4.51. The summed E-state index contributed by atoms with van der Waals surface area (Å²) in [5.74, 6) is 0.477. The number of rotatable bonds is 3. The van der Waals surface area contributed by atoms with E-state index in [9.17, 15) is 5.11 Å². The van der Waals surface area contributed by atoms with Crippen LogP contribution in [0.25, 0.3) is 0 Å². The van der Waals surface area contributed by atoms with E-state index in [1.54, 1.807) is 18.2 Å². The van der Waals surface area contributed by atoms with Crippen LogP contribution in [0.15, 0.2) is 42.5 Å². The molecule has 0 aliphatic carbocycles. The van der Waals surface area contributed by atoms with Gasteiger partial charge in [-0.25, -0.2) is 0 Å². The molecule has 0 saturated heterocycles. The van der Waals surface area contributed by atoms with Crippen molar-refractivity contribution in [3.63, 3.8) is 0 Å². The van der Waals surface area contributed by atoms with Crippen molar-refractivity contribution in [1.29, 1.82) is 0 Å². The average molecular weight is 295 g/mol. The topological polar surface area (TPSA) is 20.2 Å². The Hall–Kier alpha value is -1.02. The van der Waals surface area contributed by atoms with Gasteiger partial charge >= 0.3 is 0 Å². The first-order valence-electron chi connectivity index (χ1n) is 6.22. The molecule has 100 valence electrons. The molecule has 2 aromatic rings. The molecular formula is C16H16Cl2O. The molecule has 19 heavy (non-hydrogen) atoms. The van der Waals surface area contributed by atoms with Crippen molar-refractivity contribution in [2.24, 2.45) is 0 Å². The highest BCUT2D eigenvalue weighted by atomic mass is 35.5. The Morgan fingerprint density at radius 3 is 2.00 bits per heavy atom. The Labute approximate surface area is 123 Å². The lowest BCUT2D eigenvalue weighted by Crippen LogP contribution is -2.01. The second kappa shape index (κ2) is 5.96.